The number of hydrogen-bond donors (Lipinski definition) is 2. The topological polar surface area (TPSA) is 64.9 Å². The van der Waals surface area contributed by atoms with Crippen LogP contribution in [0.15, 0.2) is 0 Å². The molecule has 3 heteroatoms. The third-order valence-corrected chi connectivity index (χ3v) is 4.70. The van der Waals surface area contributed by atoms with Gasteiger partial charge in [0.1, 0.15) is 6.61 Å². The highest BCUT2D eigenvalue weighted by Crippen LogP contribution is 2.13. The number of carbonyl (C=O) groups is 1. The van der Waals surface area contributed by atoms with Crippen molar-refractivity contribution < 1.29 is 15.6 Å². The highest BCUT2D eigenvalue weighted by Gasteiger charge is 2.14. The van der Waals surface area contributed by atoms with Crippen LogP contribution in [0.5, 0.6) is 0 Å². The van der Waals surface area contributed by atoms with Crippen LogP contribution in [-0.4, -0.2) is 23.5 Å². The minimum Gasteiger partial charge on any atom is -0.390 e. The Morgan fingerprint density at radius 2 is 1.09 bits per heavy atom. The number of aliphatic hydroxyl groups excluding tert-OH is 1. The summed E-state index contributed by atoms with van der Waals surface area (Å²) in [5, 5.41) is 8.85. The Labute approximate surface area is 144 Å². The van der Waals surface area contributed by atoms with Crippen LogP contribution in [0, 0.1) is 0 Å². The van der Waals surface area contributed by atoms with E-state index in [9.17, 15) is 4.79 Å². The molecule has 1 atom stereocenters. The third-order valence-electron chi connectivity index (χ3n) is 4.70. The minimum atomic E-state index is -0.415. The van der Waals surface area contributed by atoms with E-state index in [2.05, 4.69) is 12.7 Å². The summed E-state index contributed by atoms with van der Waals surface area (Å²) in [6, 6.07) is -0.415. The summed E-state index contributed by atoms with van der Waals surface area (Å²) in [7, 11) is 0. The smallest absolute Gasteiger partial charge is 0.192 e. The summed E-state index contributed by atoms with van der Waals surface area (Å²) in [5.41, 5.74) is 3.65. The standard InChI is InChI=1S/C20H41NO2/c1-2-3-4-5-6-7-8-9-10-11-12-13-14-15-16-17-20(23)19(21)18-22/h19,22H,2-18,21H2,1H3/p+1. The fourth-order valence-corrected chi connectivity index (χ4v) is 2.98. The van der Waals surface area contributed by atoms with Crippen molar-refractivity contribution in [3.63, 3.8) is 0 Å². The van der Waals surface area contributed by atoms with E-state index in [1.54, 1.807) is 0 Å². The van der Waals surface area contributed by atoms with E-state index in [0.29, 0.717) is 6.42 Å². The number of hydrogen-bond acceptors (Lipinski definition) is 2. The van der Waals surface area contributed by atoms with Crippen molar-refractivity contribution in [3.05, 3.63) is 0 Å². The lowest BCUT2D eigenvalue weighted by Crippen LogP contribution is -2.66. The quantitative estimate of drug-likeness (QED) is 0.366. The Morgan fingerprint density at radius 1 is 0.739 bits per heavy atom. The van der Waals surface area contributed by atoms with Crippen molar-refractivity contribution in [2.45, 2.75) is 116 Å². The van der Waals surface area contributed by atoms with Gasteiger partial charge in [-0.2, -0.15) is 0 Å². The summed E-state index contributed by atoms with van der Waals surface area (Å²) in [4.78, 5) is 11.5. The fourth-order valence-electron chi connectivity index (χ4n) is 2.98. The first-order valence-electron chi connectivity index (χ1n) is 10.2. The van der Waals surface area contributed by atoms with Crippen LogP contribution in [0.1, 0.15) is 110 Å². The molecule has 0 spiro atoms. The van der Waals surface area contributed by atoms with Crippen LogP contribution >= 0.6 is 0 Å². The van der Waals surface area contributed by atoms with Crippen molar-refractivity contribution in [3.8, 4) is 0 Å². The zero-order valence-electron chi connectivity index (χ0n) is 15.7. The van der Waals surface area contributed by atoms with E-state index in [1.807, 2.05) is 0 Å². The van der Waals surface area contributed by atoms with E-state index < -0.39 is 6.04 Å². The third kappa shape index (κ3) is 16.2. The largest absolute Gasteiger partial charge is 0.390 e. The van der Waals surface area contributed by atoms with Crippen LogP contribution in [0.25, 0.3) is 0 Å². The lowest BCUT2D eigenvalue weighted by molar-refractivity contribution is -0.408. The molecule has 3 nitrogen and oxygen atoms in total. The van der Waals surface area contributed by atoms with E-state index >= 15 is 0 Å². The van der Waals surface area contributed by atoms with Crippen LogP contribution in [0.3, 0.4) is 0 Å². The predicted molar refractivity (Wildman–Crippen MR) is 98.3 cm³/mol. The highest BCUT2D eigenvalue weighted by molar-refractivity contribution is 5.82. The molecule has 0 aliphatic carbocycles. The first kappa shape index (κ1) is 22.6. The van der Waals surface area contributed by atoms with Crippen LogP contribution in [-0.2, 0) is 4.79 Å². The van der Waals surface area contributed by atoms with Crippen molar-refractivity contribution >= 4 is 5.78 Å². The van der Waals surface area contributed by atoms with Gasteiger partial charge in [0.25, 0.3) is 0 Å². The average molecular weight is 329 g/mol. The van der Waals surface area contributed by atoms with Crippen molar-refractivity contribution in [1.82, 2.24) is 0 Å². The lowest BCUT2D eigenvalue weighted by Gasteiger charge is -2.04. The van der Waals surface area contributed by atoms with Gasteiger partial charge in [0, 0.05) is 6.42 Å². The maximum Gasteiger partial charge on any atom is 0.192 e. The van der Waals surface area contributed by atoms with Crippen molar-refractivity contribution in [2.24, 2.45) is 0 Å². The van der Waals surface area contributed by atoms with E-state index in [-0.39, 0.29) is 12.4 Å². The van der Waals surface area contributed by atoms with Crippen molar-refractivity contribution in [1.29, 1.82) is 0 Å². The molecule has 0 aliphatic heterocycles. The number of aliphatic hydroxyl groups is 1. The maximum atomic E-state index is 11.5. The van der Waals surface area contributed by atoms with Gasteiger partial charge in [-0.05, 0) is 6.42 Å². The number of ketones is 1. The first-order valence-corrected chi connectivity index (χ1v) is 10.2. The van der Waals surface area contributed by atoms with E-state index in [1.165, 1.54) is 83.5 Å². The fraction of sp³-hybridized carbons (Fsp3) is 0.950. The van der Waals surface area contributed by atoms with E-state index in [0.717, 1.165) is 12.8 Å². The molecule has 0 fully saturated rings. The van der Waals surface area contributed by atoms with Gasteiger partial charge in [0.2, 0.25) is 0 Å². The number of quaternary nitrogens is 1. The van der Waals surface area contributed by atoms with Gasteiger partial charge < -0.3 is 10.8 Å². The summed E-state index contributed by atoms with van der Waals surface area (Å²) >= 11 is 0. The van der Waals surface area contributed by atoms with Crippen LogP contribution < -0.4 is 5.73 Å². The minimum absolute atomic E-state index is 0.113. The maximum absolute atomic E-state index is 11.5. The van der Waals surface area contributed by atoms with Gasteiger partial charge in [-0.3, -0.25) is 4.79 Å². The molecule has 23 heavy (non-hydrogen) atoms. The zero-order chi connectivity index (χ0) is 17.2. The molecule has 0 bridgehead atoms. The molecule has 0 radical (unpaired) electrons. The van der Waals surface area contributed by atoms with Gasteiger partial charge >= 0.3 is 0 Å². The Balaban J connectivity index is 3.09. The molecule has 0 saturated carbocycles. The summed E-state index contributed by atoms with van der Waals surface area (Å²) in [6.45, 7) is 2.16. The second-order valence-electron chi connectivity index (χ2n) is 7.05. The summed E-state index contributed by atoms with van der Waals surface area (Å²) in [6.07, 6.45) is 20.7. The molecule has 0 aromatic heterocycles. The molecule has 138 valence electrons. The summed E-state index contributed by atoms with van der Waals surface area (Å²) < 4.78 is 0. The number of rotatable bonds is 18. The molecule has 0 aromatic carbocycles. The molecule has 0 aromatic rings. The van der Waals surface area contributed by atoms with E-state index in [4.69, 9.17) is 5.11 Å². The van der Waals surface area contributed by atoms with Gasteiger partial charge in [-0.25, -0.2) is 0 Å². The Bertz CT molecular complexity index is 256. The number of Topliss-reactive ketones (excluding diaryl/α,β-unsaturated/α-hetero) is 1. The molecule has 0 rings (SSSR count). The number of carbonyl (C=O) groups excluding carboxylic acids is 1. The molecule has 0 heterocycles. The second-order valence-corrected chi connectivity index (χ2v) is 7.05. The summed E-state index contributed by atoms with van der Waals surface area (Å²) in [5.74, 6) is 0.113. The molecule has 1 unspecified atom stereocenters. The van der Waals surface area contributed by atoms with Gasteiger partial charge in [0.15, 0.2) is 11.8 Å². The molecular formula is C20H42NO2+. The number of unbranched alkanes of at least 4 members (excludes halogenated alkanes) is 14. The molecule has 4 N–H and O–H groups in total. The lowest BCUT2D eigenvalue weighted by atomic mass is 10.0. The molecule has 0 amide bonds. The Kier molecular flexibility index (Phi) is 17.6. The van der Waals surface area contributed by atoms with Crippen LogP contribution in [0.4, 0.5) is 0 Å². The average Bonchev–Trinajstić information content (AvgIpc) is 2.57. The SMILES string of the molecule is CCCCCCCCCCCCCCCCCC(=O)C([NH3+])CO. The Morgan fingerprint density at radius 3 is 1.43 bits per heavy atom. The van der Waals surface area contributed by atoms with Crippen LogP contribution in [0.2, 0.25) is 0 Å². The normalized spacial score (nSPS) is 12.5. The highest BCUT2D eigenvalue weighted by atomic mass is 16.3. The first-order chi connectivity index (χ1) is 11.2. The monoisotopic (exact) mass is 328 g/mol. The predicted octanol–water partition coefficient (Wildman–Crippen LogP) is 4.42. The van der Waals surface area contributed by atoms with Gasteiger partial charge in [-0.15, -0.1) is 0 Å². The zero-order valence-corrected chi connectivity index (χ0v) is 15.7. The van der Waals surface area contributed by atoms with Gasteiger partial charge in [0.05, 0.1) is 0 Å². The van der Waals surface area contributed by atoms with Gasteiger partial charge in [-0.1, -0.05) is 96.8 Å². The van der Waals surface area contributed by atoms with Crippen molar-refractivity contribution in [2.75, 3.05) is 6.61 Å². The molecule has 0 saturated heterocycles. The molecule has 0 aliphatic rings. The Hall–Kier alpha value is -0.410. The second kappa shape index (κ2) is 17.9. The molecular weight excluding hydrogens is 286 g/mol.